The number of hydrogen-bond acceptors (Lipinski definition) is 6. The highest BCUT2D eigenvalue weighted by molar-refractivity contribution is 7.22. The van der Waals surface area contributed by atoms with Gasteiger partial charge in [0.1, 0.15) is 5.75 Å². The molecule has 25 heavy (non-hydrogen) atoms. The van der Waals surface area contributed by atoms with E-state index in [4.69, 9.17) is 4.74 Å². The Bertz CT molecular complexity index is 894. The van der Waals surface area contributed by atoms with Crippen LogP contribution in [0.5, 0.6) is 5.75 Å². The number of thiazole rings is 1. The smallest absolute Gasteiger partial charge is 0.240 e. The molecule has 0 aliphatic rings. The molecule has 2 heterocycles. The van der Waals surface area contributed by atoms with Crippen LogP contribution in [0, 0.1) is 6.92 Å². The number of amides is 1. The van der Waals surface area contributed by atoms with Crippen LogP contribution < -0.4 is 15.4 Å². The largest absolute Gasteiger partial charge is 0.495 e. The van der Waals surface area contributed by atoms with Crippen molar-refractivity contribution in [1.82, 2.24) is 15.3 Å². The standard InChI is InChI=1S/C18H20N4O2S/c1-11-4-5-14-16(8-11)25-18(21-14)22-17(23)10-20-12(2)13-6-7-19-9-15(13)24-3/h4-9,12,20H,10H2,1-3H3,(H,21,22,23). The van der Waals surface area contributed by atoms with Crippen molar-refractivity contribution >= 4 is 32.6 Å². The number of aromatic nitrogens is 2. The van der Waals surface area contributed by atoms with Gasteiger partial charge in [-0.05, 0) is 37.6 Å². The van der Waals surface area contributed by atoms with Crippen molar-refractivity contribution in [2.75, 3.05) is 19.0 Å². The average Bonchev–Trinajstić information content (AvgIpc) is 3.00. The van der Waals surface area contributed by atoms with Crippen LogP contribution in [0.1, 0.15) is 24.1 Å². The molecule has 0 aliphatic heterocycles. The number of nitrogens with zero attached hydrogens (tertiary/aromatic N) is 2. The zero-order valence-corrected chi connectivity index (χ0v) is 15.2. The van der Waals surface area contributed by atoms with E-state index in [1.807, 2.05) is 32.0 Å². The summed E-state index contributed by atoms with van der Waals surface area (Å²) in [5, 5.41) is 6.65. The van der Waals surface area contributed by atoms with Gasteiger partial charge in [0.2, 0.25) is 5.91 Å². The number of carbonyl (C=O) groups is 1. The molecular weight excluding hydrogens is 336 g/mol. The Kier molecular flexibility index (Phi) is 5.25. The van der Waals surface area contributed by atoms with Crippen LogP contribution in [0.15, 0.2) is 36.7 Å². The van der Waals surface area contributed by atoms with Gasteiger partial charge in [0.25, 0.3) is 0 Å². The summed E-state index contributed by atoms with van der Waals surface area (Å²) in [5.74, 6) is 0.570. The Balaban J connectivity index is 1.60. The van der Waals surface area contributed by atoms with Gasteiger partial charge in [-0.3, -0.25) is 9.78 Å². The van der Waals surface area contributed by atoms with Crippen molar-refractivity contribution < 1.29 is 9.53 Å². The molecule has 0 radical (unpaired) electrons. The maximum atomic E-state index is 12.2. The van der Waals surface area contributed by atoms with Gasteiger partial charge in [-0.1, -0.05) is 17.4 Å². The number of fused-ring (bicyclic) bond motifs is 1. The van der Waals surface area contributed by atoms with Crippen LogP contribution in [0.3, 0.4) is 0 Å². The summed E-state index contributed by atoms with van der Waals surface area (Å²) >= 11 is 1.48. The molecule has 0 aliphatic carbocycles. The third-order valence-electron chi connectivity index (χ3n) is 3.86. The Morgan fingerprint density at radius 1 is 1.36 bits per heavy atom. The summed E-state index contributed by atoms with van der Waals surface area (Å²) in [7, 11) is 1.61. The van der Waals surface area contributed by atoms with E-state index in [-0.39, 0.29) is 18.5 Å². The Morgan fingerprint density at radius 2 is 2.20 bits per heavy atom. The first-order valence-corrected chi connectivity index (χ1v) is 8.77. The number of aryl methyl sites for hydroxylation is 1. The van der Waals surface area contributed by atoms with Crippen molar-refractivity contribution in [3.05, 3.63) is 47.8 Å². The highest BCUT2D eigenvalue weighted by Crippen LogP contribution is 2.26. The first-order chi connectivity index (χ1) is 12.1. The van der Waals surface area contributed by atoms with Gasteiger partial charge in [0.15, 0.2) is 5.13 Å². The normalized spacial score (nSPS) is 12.1. The molecule has 3 aromatic rings. The lowest BCUT2D eigenvalue weighted by atomic mass is 10.1. The fourth-order valence-electron chi connectivity index (χ4n) is 2.52. The van der Waals surface area contributed by atoms with Gasteiger partial charge in [-0.2, -0.15) is 0 Å². The summed E-state index contributed by atoms with van der Waals surface area (Å²) in [6, 6.07) is 7.89. The van der Waals surface area contributed by atoms with Crippen LogP contribution in [0.25, 0.3) is 10.2 Å². The number of benzene rings is 1. The molecule has 3 rings (SSSR count). The maximum absolute atomic E-state index is 12.2. The predicted molar refractivity (Wildman–Crippen MR) is 100 cm³/mol. The van der Waals surface area contributed by atoms with Gasteiger partial charge < -0.3 is 15.4 Å². The second kappa shape index (κ2) is 7.58. The molecule has 2 N–H and O–H groups in total. The molecule has 130 valence electrons. The van der Waals surface area contributed by atoms with Crippen LogP contribution in [0.2, 0.25) is 0 Å². The van der Waals surface area contributed by atoms with E-state index in [0.717, 1.165) is 15.8 Å². The van der Waals surface area contributed by atoms with Crippen LogP contribution in [-0.2, 0) is 4.79 Å². The number of ether oxygens (including phenoxy) is 1. The number of nitrogens with one attached hydrogen (secondary N) is 2. The molecule has 1 atom stereocenters. The van der Waals surface area contributed by atoms with Crippen molar-refractivity contribution in [1.29, 1.82) is 0 Å². The van der Waals surface area contributed by atoms with Crippen molar-refractivity contribution in [3.8, 4) is 5.75 Å². The van der Waals surface area contributed by atoms with E-state index in [0.29, 0.717) is 10.9 Å². The Labute approximate surface area is 150 Å². The predicted octanol–water partition coefficient (Wildman–Crippen LogP) is 3.30. The van der Waals surface area contributed by atoms with E-state index in [1.165, 1.54) is 16.9 Å². The van der Waals surface area contributed by atoms with E-state index in [1.54, 1.807) is 19.5 Å². The number of anilines is 1. The molecule has 0 saturated carbocycles. The fraction of sp³-hybridized carbons (Fsp3) is 0.278. The minimum absolute atomic E-state index is 0.0401. The lowest BCUT2D eigenvalue weighted by Crippen LogP contribution is -2.30. The minimum atomic E-state index is -0.129. The summed E-state index contributed by atoms with van der Waals surface area (Å²) < 4.78 is 6.37. The molecule has 1 amide bonds. The molecule has 7 heteroatoms. The molecule has 0 spiro atoms. The molecule has 2 aromatic heterocycles. The minimum Gasteiger partial charge on any atom is -0.495 e. The van der Waals surface area contributed by atoms with Crippen LogP contribution in [-0.4, -0.2) is 29.5 Å². The molecular formula is C18H20N4O2S. The van der Waals surface area contributed by atoms with Crippen molar-refractivity contribution in [3.63, 3.8) is 0 Å². The van der Waals surface area contributed by atoms with E-state index in [9.17, 15) is 4.79 Å². The second-order valence-electron chi connectivity index (χ2n) is 5.76. The number of hydrogen-bond donors (Lipinski definition) is 2. The van der Waals surface area contributed by atoms with Crippen molar-refractivity contribution in [2.24, 2.45) is 0 Å². The number of methoxy groups -OCH3 is 1. The zero-order chi connectivity index (χ0) is 17.8. The monoisotopic (exact) mass is 356 g/mol. The van der Waals surface area contributed by atoms with E-state index in [2.05, 4.69) is 26.7 Å². The molecule has 0 fully saturated rings. The topological polar surface area (TPSA) is 76.1 Å². The number of carbonyl (C=O) groups excluding carboxylic acids is 1. The Morgan fingerprint density at radius 3 is 3.00 bits per heavy atom. The summed E-state index contributed by atoms with van der Waals surface area (Å²) in [6.07, 6.45) is 3.37. The second-order valence-corrected chi connectivity index (χ2v) is 6.79. The average molecular weight is 356 g/mol. The van der Waals surface area contributed by atoms with Gasteiger partial charge in [-0.25, -0.2) is 4.98 Å². The molecule has 6 nitrogen and oxygen atoms in total. The number of pyridine rings is 1. The SMILES string of the molecule is COc1cnccc1C(C)NCC(=O)Nc1nc2ccc(C)cc2s1. The van der Waals surface area contributed by atoms with Gasteiger partial charge >= 0.3 is 0 Å². The van der Waals surface area contributed by atoms with Crippen LogP contribution in [0.4, 0.5) is 5.13 Å². The van der Waals surface area contributed by atoms with Crippen LogP contribution >= 0.6 is 11.3 Å². The first kappa shape index (κ1) is 17.3. The molecule has 1 unspecified atom stereocenters. The zero-order valence-electron chi connectivity index (χ0n) is 14.4. The van der Waals surface area contributed by atoms with E-state index >= 15 is 0 Å². The summed E-state index contributed by atoms with van der Waals surface area (Å²) in [4.78, 5) is 20.7. The Hall–Kier alpha value is -2.51. The lowest BCUT2D eigenvalue weighted by molar-refractivity contribution is -0.115. The van der Waals surface area contributed by atoms with Gasteiger partial charge in [0.05, 0.1) is 30.1 Å². The molecule has 0 bridgehead atoms. The van der Waals surface area contributed by atoms with Gasteiger partial charge in [0, 0.05) is 17.8 Å². The maximum Gasteiger partial charge on any atom is 0.240 e. The highest BCUT2D eigenvalue weighted by Gasteiger charge is 2.13. The third-order valence-corrected chi connectivity index (χ3v) is 4.80. The first-order valence-electron chi connectivity index (χ1n) is 7.95. The highest BCUT2D eigenvalue weighted by atomic mass is 32.1. The van der Waals surface area contributed by atoms with Crippen molar-refractivity contribution in [2.45, 2.75) is 19.9 Å². The van der Waals surface area contributed by atoms with E-state index < -0.39 is 0 Å². The lowest BCUT2D eigenvalue weighted by Gasteiger charge is -2.16. The number of rotatable bonds is 6. The third kappa shape index (κ3) is 4.12. The quantitative estimate of drug-likeness (QED) is 0.709. The summed E-state index contributed by atoms with van der Waals surface area (Å²) in [6.45, 7) is 4.20. The van der Waals surface area contributed by atoms with Gasteiger partial charge in [-0.15, -0.1) is 0 Å². The fourth-order valence-corrected chi connectivity index (χ4v) is 3.50. The molecule has 0 saturated heterocycles. The summed E-state index contributed by atoms with van der Waals surface area (Å²) in [5.41, 5.74) is 3.03. The molecule has 1 aromatic carbocycles.